The Morgan fingerprint density at radius 1 is 1.31 bits per heavy atom. The van der Waals surface area contributed by atoms with Crippen molar-refractivity contribution < 1.29 is 13.2 Å². The Morgan fingerprint density at radius 2 is 2.08 bits per heavy atom. The Balaban J connectivity index is 1.49. The molecule has 1 aromatic carbocycles. The highest BCUT2D eigenvalue weighted by atomic mass is 32.2. The van der Waals surface area contributed by atoms with Crippen LogP contribution in [0, 0.1) is 0 Å². The van der Waals surface area contributed by atoms with Gasteiger partial charge in [0.2, 0.25) is 15.9 Å². The average molecular weight is 390 g/mol. The van der Waals surface area contributed by atoms with Gasteiger partial charge in [-0.15, -0.1) is 11.3 Å². The Bertz CT molecular complexity index is 1020. The van der Waals surface area contributed by atoms with Gasteiger partial charge in [0.05, 0.1) is 11.9 Å². The normalized spacial score (nSPS) is 18.4. The first-order chi connectivity index (χ1) is 12.4. The van der Waals surface area contributed by atoms with Crippen molar-refractivity contribution in [2.45, 2.75) is 18.9 Å². The molecule has 0 aliphatic carbocycles. The van der Waals surface area contributed by atoms with E-state index in [1.54, 1.807) is 23.5 Å². The van der Waals surface area contributed by atoms with Gasteiger partial charge in [0.1, 0.15) is 6.04 Å². The van der Waals surface area contributed by atoms with E-state index in [0.717, 1.165) is 22.5 Å². The van der Waals surface area contributed by atoms with E-state index in [0.29, 0.717) is 25.1 Å². The van der Waals surface area contributed by atoms with Gasteiger partial charge in [-0.1, -0.05) is 12.1 Å². The number of rotatable bonds is 4. The first-order valence-corrected chi connectivity index (χ1v) is 10.9. The van der Waals surface area contributed by atoms with E-state index in [1.165, 1.54) is 4.31 Å². The second-order valence-electron chi connectivity index (χ2n) is 6.32. The topological polar surface area (TPSA) is 83.8 Å². The minimum atomic E-state index is -3.38. The van der Waals surface area contributed by atoms with Crippen LogP contribution in [0.15, 0.2) is 42.0 Å². The van der Waals surface area contributed by atoms with Crippen LogP contribution in [-0.4, -0.2) is 46.9 Å². The number of imidazole rings is 1. The lowest BCUT2D eigenvalue weighted by molar-refractivity contribution is -0.119. The Labute approximate surface area is 155 Å². The standard InChI is InChI=1S/C17H18N4O3S2/c1-26(23,24)21-8-2-3-15(21)16(22)18-13-6-4-12(5-7-13)14-11-20-9-10-25-17(20)19-14/h4-7,9-11,15H,2-3,8H2,1H3,(H,18,22)/t15-/m1/s1. The number of hydrogen-bond donors (Lipinski definition) is 1. The Hall–Kier alpha value is -2.23. The fourth-order valence-corrected chi connectivity index (χ4v) is 5.04. The van der Waals surface area contributed by atoms with Crippen molar-refractivity contribution in [2.75, 3.05) is 18.1 Å². The van der Waals surface area contributed by atoms with Crippen molar-refractivity contribution in [3.05, 3.63) is 42.0 Å². The lowest BCUT2D eigenvalue weighted by Crippen LogP contribution is -2.42. The number of thiazole rings is 1. The summed E-state index contributed by atoms with van der Waals surface area (Å²) in [6.45, 7) is 0.396. The monoisotopic (exact) mass is 390 g/mol. The fourth-order valence-electron chi connectivity index (χ4n) is 3.22. The van der Waals surface area contributed by atoms with Crippen LogP contribution in [0.25, 0.3) is 16.2 Å². The average Bonchev–Trinajstić information content (AvgIpc) is 3.30. The van der Waals surface area contributed by atoms with E-state index in [2.05, 4.69) is 10.3 Å². The number of anilines is 1. The van der Waals surface area contributed by atoms with Gasteiger partial charge in [-0.2, -0.15) is 4.31 Å². The van der Waals surface area contributed by atoms with Gasteiger partial charge in [-0.05, 0) is 25.0 Å². The van der Waals surface area contributed by atoms with Crippen molar-refractivity contribution in [1.29, 1.82) is 0 Å². The molecule has 0 saturated carbocycles. The highest BCUT2D eigenvalue weighted by Crippen LogP contribution is 2.25. The minimum Gasteiger partial charge on any atom is -0.325 e. The highest BCUT2D eigenvalue weighted by molar-refractivity contribution is 7.88. The van der Waals surface area contributed by atoms with Crippen molar-refractivity contribution in [2.24, 2.45) is 0 Å². The zero-order valence-electron chi connectivity index (χ0n) is 14.1. The van der Waals surface area contributed by atoms with Crippen LogP contribution in [0.3, 0.4) is 0 Å². The van der Waals surface area contributed by atoms with Gasteiger partial charge >= 0.3 is 0 Å². The van der Waals surface area contributed by atoms with Crippen LogP contribution < -0.4 is 5.32 Å². The third-order valence-corrected chi connectivity index (χ3v) is 6.53. The molecule has 1 fully saturated rings. The molecule has 136 valence electrons. The molecule has 1 aliphatic rings. The predicted octanol–water partition coefficient (Wildman–Crippen LogP) is 2.43. The van der Waals surface area contributed by atoms with Crippen LogP contribution >= 0.6 is 11.3 Å². The Morgan fingerprint density at radius 3 is 2.77 bits per heavy atom. The molecule has 4 rings (SSSR count). The first kappa shape index (κ1) is 17.2. The van der Waals surface area contributed by atoms with Gasteiger partial charge in [0.25, 0.3) is 0 Å². The van der Waals surface area contributed by atoms with Gasteiger partial charge < -0.3 is 5.32 Å². The minimum absolute atomic E-state index is 0.289. The van der Waals surface area contributed by atoms with E-state index in [4.69, 9.17) is 0 Å². The molecular weight excluding hydrogens is 372 g/mol. The van der Waals surface area contributed by atoms with Crippen LogP contribution in [-0.2, 0) is 14.8 Å². The number of nitrogens with zero attached hydrogens (tertiary/aromatic N) is 3. The Kier molecular flexibility index (Phi) is 4.29. The number of carbonyl (C=O) groups excluding carboxylic acids is 1. The van der Waals surface area contributed by atoms with Crippen LogP contribution in [0.1, 0.15) is 12.8 Å². The molecule has 1 saturated heterocycles. The van der Waals surface area contributed by atoms with Gasteiger partial charge in [0.15, 0.2) is 4.96 Å². The molecule has 0 bridgehead atoms. The molecule has 9 heteroatoms. The SMILES string of the molecule is CS(=O)(=O)N1CCC[C@@H]1C(=O)Nc1ccc(-c2cn3ccsc3n2)cc1. The van der Waals surface area contributed by atoms with E-state index >= 15 is 0 Å². The second-order valence-corrected chi connectivity index (χ2v) is 9.13. The molecule has 1 amide bonds. The smallest absolute Gasteiger partial charge is 0.242 e. The highest BCUT2D eigenvalue weighted by Gasteiger charge is 2.36. The summed E-state index contributed by atoms with van der Waals surface area (Å²) in [5, 5.41) is 4.80. The number of nitrogens with one attached hydrogen (secondary N) is 1. The van der Waals surface area contributed by atoms with E-state index in [1.807, 2.05) is 34.3 Å². The second kappa shape index (κ2) is 6.49. The van der Waals surface area contributed by atoms with E-state index in [-0.39, 0.29) is 5.91 Å². The maximum absolute atomic E-state index is 12.5. The maximum Gasteiger partial charge on any atom is 0.242 e. The maximum atomic E-state index is 12.5. The summed E-state index contributed by atoms with van der Waals surface area (Å²) in [5.41, 5.74) is 2.46. The summed E-state index contributed by atoms with van der Waals surface area (Å²) in [4.78, 5) is 18.0. The summed E-state index contributed by atoms with van der Waals surface area (Å²) >= 11 is 1.57. The number of amides is 1. The van der Waals surface area contributed by atoms with E-state index in [9.17, 15) is 13.2 Å². The van der Waals surface area contributed by atoms with Gasteiger partial charge in [-0.25, -0.2) is 13.4 Å². The number of carbonyl (C=O) groups is 1. The quantitative estimate of drug-likeness (QED) is 0.742. The number of hydrogen-bond acceptors (Lipinski definition) is 5. The third kappa shape index (κ3) is 3.25. The summed E-state index contributed by atoms with van der Waals surface area (Å²) < 4.78 is 26.8. The van der Waals surface area contributed by atoms with Crippen molar-refractivity contribution >= 4 is 37.9 Å². The first-order valence-electron chi connectivity index (χ1n) is 8.22. The molecule has 0 radical (unpaired) electrons. The predicted molar refractivity (Wildman–Crippen MR) is 102 cm³/mol. The van der Waals surface area contributed by atoms with Crippen molar-refractivity contribution in [3.8, 4) is 11.3 Å². The summed E-state index contributed by atoms with van der Waals surface area (Å²) in [6.07, 6.45) is 6.30. The van der Waals surface area contributed by atoms with Crippen LogP contribution in [0.2, 0.25) is 0 Å². The third-order valence-electron chi connectivity index (χ3n) is 4.47. The van der Waals surface area contributed by atoms with Gasteiger partial charge in [0, 0.05) is 35.6 Å². The molecule has 3 aromatic rings. The zero-order valence-corrected chi connectivity index (χ0v) is 15.8. The lowest BCUT2D eigenvalue weighted by atomic mass is 10.1. The molecular formula is C17H18N4O3S2. The molecule has 0 spiro atoms. The summed E-state index contributed by atoms with van der Waals surface area (Å²) in [5.74, 6) is -0.289. The zero-order chi connectivity index (χ0) is 18.3. The molecule has 0 unspecified atom stereocenters. The van der Waals surface area contributed by atoms with Crippen molar-refractivity contribution in [3.63, 3.8) is 0 Å². The van der Waals surface area contributed by atoms with Crippen molar-refractivity contribution in [1.82, 2.24) is 13.7 Å². The molecule has 2 aromatic heterocycles. The number of sulfonamides is 1. The summed E-state index contributed by atoms with van der Waals surface area (Å²) in [6, 6.07) is 6.77. The number of aromatic nitrogens is 2. The molecule has 1 N–H and O–H groups in total. The van der Waals surface area contributed by atoms with Crippen LogP contribution in [0.4, 0.5) is 5.69 Å². The summed E-state index contributed by atoms with van der Waals surface area (Å²) in [7, 11) is -3.38. The lowest BCUT2D eigenvalue weighted by Gasteiger charge is -2.21. The fraction of sp³-hybridized carbons (Fsp3) is 0.294. The molecule has 1 atom stereocenters. The molecule has 1 aliphatic heterocycles. The molecule has 3 heterocycles. The molecule has 26 heavy (non-hydrogen) atoms. The molecule has 7 nitrogen and oxygen atoms in total. The van der Waals surface area contributed by atoms with E-state index < -0.39 is 16.1 Å². The number of fused-ring (bicyclic) bond motifs is 1. The van der Waals surface area contributed by atoms with Crippen LogP contribution in [0.5, 0.6) is 0 Å². The number of benzene rings is 1. The largest absolute Gasteiger partial charge is 0.325 e. The van der Waals surface area contributed by atoms with Gasteiger partial charge in [-0.3, -0.25) is 9.20 Å².